The summed E-state index contributed by atoms with van der Waals surface area (Å²) in [5, 5.41) is 0. The fraction of sp³-hybridized carbons (Fsp3) is 0.579. The number of hydrogen-bond donors (Lipinski definition) is 1. The van der Waals surface area contributed by atoms with Crippen LogP contribution in [0.3, 0.4) is 0 Å². The van der Waals surface area contributed by atoms with E-state index in [-0.39, 0.29) is 24.9 Å². The van der Waals surface area contributed by atoms with Crippen LogP contribution in [0.4, 0.5) is 8.78 Å². The molecule has 1 aromatic rings. The van der Waals surface area contributed by atoms with Gasteiger partial charge in [0.1, 0.15) is 0 Å². The molecule has 0 radical (unpaired) electrons. The first kappa shape index (κ1) is 14.0. The molecule has 4 aliphatic rings. The topological polar surface area (TPSA) is 29.3 Å². The van der Waals surface area contributed by atoms with E-state index in [0.717, 1.165) is 19.4 Å². The molecule has 23 heavy (non-hydrogen) atoms. The molecule has 1 unspecified atom stereocenters. The Morgan fingerprint density at radius 1 is 1.04 bits per heavy atom. The molecular weight excluding hydrogens is 294 g/mol. The summed E-state index contributed by atoms with van der Waals surface area (Å²) in [6, 6.07) is 4.83. The van der Waals surface area contributed by atoms with Crippen LogP contribution in [-0.2, 0) is 19.4 Å². The summed E-state index contributed by atoms with van der Waals surface area (Å²) in [5.74, 6) is -1.86. The van der Waals surface area contributed by atoms with E-state index in [1.807, 2.05) is 0 Å². The highest BCUT2D eigenvalue weighted by atomic mass is 19.3. The Morgan fingerprint density at radius 3 is 2.39 bits per heavy atom. The van der Waals surface area contributed by atoms with E-state index in [1.54, 1.807) is 0 Å². The van der Waals surface area contributed by atoms with Gasteiger partial charge in [0.25, 0.3) is 5.92 Å². The van der Waals surface area contributed by atoms with Gasteiger partial charge >= 0.3 is 0 Å². The van der Waals surface area contributed by atoms with Gasteiger partial charge in [-0.15, -0.1) is 0 Å². The fourth-order valence-corrected chi connectivity index (χ4v) is 4.49. The van der Waals surface area contributed by atoms with Gasteiger partial charge in [0.05, 0.1) is 0 Å². The second kappa shape index (κ2) is 4.56. The third kappa shape index (κ3) is 2.30. The number of halogens is 2. The smallest absolute Gasteiger partial charge is 0.252 e. The zero-order valence-electron chi connectivity index (χ0n) is 13.2. The van der Waals surface area contributed by atoms with Crippen LogP contribution < -0.4 is 5.73 Å². The predicted octanol–water partition coefficient (Wildman–Crippen LogP) is 3.48. The minimum Gasteiger partial charge on any atom is -0.367 e. The van der Waals surface area contributed by atoms with E-state index in [1.165, 1.54) is 40.8 Å². The van der Waals surface area contributed by atoms with Gasteiger partial charge in [-0.3, -0.25) is 0 Å². The molecule has 3 aliphatic carbocycles. The van der Waals surface area contributed by atoms with Crippen molar-refractivity contribution >= 4 is 6.08 Å². The Labute approximate surface area is 135 Å². The summed E-state index contributed by atoms with van der Waals surface area (Å²) >= 11 is 0. The van der Waals surface area contributed by atoms with E-state index >= 15 is 0 Å². The maximum atomic E-state index is 13.3. The van der Waals surface area contributed by atoms with Crippen LogP contribution in [0.25, 0.3) is 6.08 Å². The summed E-state index contributed by atoms with van der Waals surface area (Å²) < 4.78 is 26.7. The zero-order valence-corrected chi connectivity index (χ0v) is 13.2. The normalized spacial score (nSPS) is 28.9. The first-order valence-electron chi connectivity index (χ1n) is 8.75. The van der Waals surface area contributed by atoms with Gasteiger partial charge in [-0.1, -0.05) is 12.1 Å². The minimum atomic E-state index is -2.45. The molecular formula is C19H22F2N2. The minimum absolute atomic E-state index is 0.0144. The lowest BCUT2D eigenvalue weighted by atomic mass is 9.84. The summed E-state index contributed by atoms with van der Waals surface area (Å²) in [5.41, 5.74) is 12.7. The summed E-state index contributed by atoms with van der Waals surface area (Å²) in [4.78, 5) is 2.28. The van der Waals surface area contributed by atoms with Crippen molar-refractivity contribution in [3.63, 3.8) is 0 Å². The first-order chi connectivity index (χ1) is 11.0. The molecule has 122 valence electrons. The van der Waals surface area contributed by atoms with Crippen molar-refractivity contribution in [1.82, 2.24) is 4.90 Å². The zero-order chi connectivity index (χ0) is 15.8. The number of hydrogen-bond acceptors (Lipinski definition) is 2. The van der Waals surface area contributed by atoms with E-state index in [2.05, 4.69) is 23.1 Å². The number of benzene rings is 1. The third-order valence-corrected chi connectivity index (χ3v) is 5.91. The molecule has 1 aromatic carbocycles. The maximum Gasteiger partial charge on any atom is 0.252 e. The van der Waals surface area contributed by atoms with Gasteiger partial charge in [-0.25, -0.2) is 8.78 Å². The van der Waals surface area contributed by atoms with Crippen molar-refractivity contribution in [1.29, 1.82) is 0 Å². The van der Waals surface area contributed by atoms with Crippen LogP contribution in [0, 0.1) is 5.92 Å². The molecule has 1 atom stereocenters. The Kier molecular flexibility index (Phi) is 2.77. The molecule has 2 nitrogen and oxygen atoms in total. The standard InChI is InChI=1S/C19H22F2N2/c20-19(21)8-17(9-19)23-10-15-4-13-6-16(22)5-12(13)3-14(15)7-18(23)11-1-2-11/h3-4,7,11,16-17H,1-2,5-6,8-10,22H2. The van der Waals surface area contributed by atoms with E-state index < -0.39 is 5.92 Å². The fourth-order valence-electron chi connectivity index (χ4n) is 4.49. The number of nitrogens with two attached hydrogens (primary N) is 1. The van der Waals surface area contributed by atoms with Gasteiger partial charge in [-0.05, 0) is 59.9 Å². The quantitative estimate of drug-likeness (QED) is 0.905. The molecule has 4 heteroatoms. The van der Waals surface area contributed by atoms with Crippen LogP contribution >= 0.6 is 0 Å². The van der Waals surface area contributed by atoms with Crippen molar-refractivity contribution in [2.24, 2.45) is 11.7 Å². The van der Waals surface area contributed by atoms with Crippen molar-refractivity contribution in [3.05, 3.63) is 40.1 Å². The first-order valence-corrected chi connectivity index (χ1v) is 8.75. The van der Waals surface area contributed by atoms with E-state index in [4.69, 9.17) is 5.73 Å². The maximum absolute atomic E-state index is 13.3. The Balaban J connectivity index is 1.50. The lowest BCUT2D eigenvalue weighted by Crippen LogP contribution is -2.50. The molecule has 2 saturated carbocycles. The molecule has 1 aliphatic heterocycles. The molecule has 0 amide bonds. The highest BCUT2D eigenvalue weighted by Crippen LogP contribution is 2.49. The Bertz CT molecular complexity index is 698. The average Bonchev–Trinajstić information content (AvgIpc) is 3.23. The largest absolute Gasteiger partial charge is 0.367 e. The monoisotopic (exact) mass is 316 g/mol. The van der Waals surface area contributed by atoms with Crippen molar-refractivity contribution in [2.45, 2.75) is 63.1 Å². The number of alkyl halides is 2. The highest BCUT2D eigenvalue weighted by Gasteiger charge is 2.50. The summed E-state index contributed by atoms with van der Waals surface area (Å²) in [7, 11) is 0. The number of allylic oxidation sites excluding steroid dienone is 1. The molecule has 0 bridgehead atoms. The van der Waals surface area contributed by atoms with E-state index in [9.17, 15) is 8.78 Å². The third-order valence-electron chi connectivity index (χ3n) is 5.91. The summed E-state index contributed by atoms with van der Waals surface area (Å²) in [6.07, 6.45) is 6.63. The van der Waals surface area contributed by atoms with Crippen LogP contribution in [0.1, 0.15) is 47.9 Å². The lowest BCUT2D eigenvalue weighted by Gasteiger charge is -2.46. The molecule has 0 aromatic heterocycles. The van der Waals surface area contributed by atoms with Gasteiger partial charge in [-0.2, -0.15) is 0 Å². The predicted molar refractivity (Wildman–Crippen MR) is 86.0 cm³/mol. The number of nitrogens with zero attached hydrogens (tertiary/aromatic N) is 1. The molecule has 1 heterocycles. The van der Waals surface area contributed by atoms with E-state index in [0.29, 0.717) is 5.92 Å². The number of rotatable bonds is 2. The van der Waals surface area contributed by atoms with Gasteiger partial charge in [0, 0.05) is 37.2 Å². The van der Waals surface area contributed by atoms with Crippen LogP contribution in [0.15, 0.2) is 17.8 Å². The highest BCUT2D eigenvalue weighted by molar-refractivity contribution is 5.63. The average molecular weight is 316 g/mol. The van der Waals surface area contributed by atoms with Crippen LogP contribution in [0.5, 0.6) is 0 Å². The van der Waals surface area contributed by atoms with Gasteiger partial charge in [0.2, 0.25) is 0 Å². The molecule has 0 saturated heterocycles. The van der Waals surface area contributed by atoms with Gasteiger partial charge < -0.3 is 10.6 Å². The second-order valence-electron chi connectivity index (χ2n) is 7.88. The SMILES string of the molecule is NC1Cc2cc3c(cc2C1)CN(C1CC(F)(F)C1)C(C1CC1)=C3. The van der Waals surface area contributed by atoms with Crippen molar-refractivity contribution in [3.8, 4) is 0 Å². The summed E-state index contributed by atoms with van der Waals surface area (Å²) in [6.45, 7) is 0.793. The second-order valence-corrected chi connectivity index (χ2v) is 7.88. The van der Waals surface area contributed by atoms with Gasteiger partial charge in [0.15, 0.2) is 0 Å². The van der Waals surface area contributed by atoms with Crippen molar-refractivity contribution in [2.75, 3.05) is 0 Å². The molecule has 5 rings (SSSR count). The Hall–Kier alpha value is -1.42. The number of fused-ring (bicyclic) bond motifs is 2. The lowest BCUT2D eigenvalue weighted by molar-refractivity contribution is -0.120. The molecule has 2 fully saturated rings. The Morgan fingerprint density at radius 2 is 1.74 bits per heavy atom. The molecule has 2 N–H and O–H groups in total. The van der Waals surface area contributed by atoms with Crippen molar-refractivity contribution < 1.29 is 8.78 Å². The van der Waals surface area contributed by atoms with Crippen LogP contribution in [-0.4, -0.2) is 22.9 Å². The van der Waals surface area contributed by atoms with Crippen LogP contribution in [0.2, 0.25) is 0 Å². The molecule has 0 spiro atoms.